The smallest absolute Gasteiger partial charge is 0.266 e. The number of pyridine rings is 1. The van der Waals surface area contributed by atoms with Crippen LogP contribution in [0.1, 0.15) is 35.4 Å². The number of nitrogens with two attached hydrogens (primary N) is 1. The summed E-state index contributed by atoms with van der Waals surface area (Å²) >= 11 is 1.08. The van der Waals surface area contributed by atoms with Crippen molar-refractivity contribution in [3.63, 3.8) is 0 Å². The molecule has 5 N–H and O–H groups in total. The summed E-state index contributed by atoms with van der Waals surface area (Å²) in [7, 11) is 0. The Hall–Kier alpha value is -1.48. The van der Waals surface area contributed by atoms with E-state index in [2.05, 4.69) is 4.98 Å². The molecule has 0 saturated heterocycles. The van der Waals surface area contributed by atoms with Gasteiger partial charge in [-0.05, 0) is 12.5 Å². The number of aromatic nitrogens is 1. The van der Waals surface area contributed by atoms with Gasteiger partial charge in [-0.2, -0.15) is 0 Å². The van der Waals surface area contributed by atoms with E-state index in [9.17, 15) is 19.8 Å². The van der Waals surface area contributed by atoms with Crippen LogP contribution in [-0.2, 0) is 4.79 Å². The summed E-state index contributed by atoms with van der Waals surface area (Å²) in [6.07, 6.45) is 0.689. The molecule has 1 aromatic rings. The average molecular weight is 299 g/mol. The lowest BCUT2D eigenvalue weighted by Crippen LogP contribution is -2.30. The monoisotopic (exact) mass is 299 g/mol. The second-order valence-corrected chi connectivity index (χ2v) is 5.39. The van der Waals surface area contributed by atoms with Crippen LogP contribution < -0.4 is 11.3 Å². The van der Waals surface area contributed by atoms with Gasteiger partial charge in [0.1, 0.15) is 6.10 Å². The maximum Gasteiger partial charge on any atom is 0.266 e. The SMILES string of the molecule is CC(=O)SCCC(O)C(O)c1cncc(C(=O)NN)c1. The van der Waals surface area contributed by atoms with E-state index < -0.39 is 18.1 Å². The van der Waals surface area contributed by atoms with Crippen molar-refractivity contribution in [3.8, 4) is 0 Å². The van der Waals surface area contributed by atoms with Crippen molar-refractivity contribution in [1.29, 1.82) is 0 Å². The van der Waals surface area contributed by atoms with E-state index in [1.807, 2.05) is 5.43 Å². The van der Waals surface area contributed by atoms with Gasteiger partial charge in [-0.15, -0.1) is 0 Å². The van der Waals surface area contributed by atoms with Crippen LogP contribution in [0.3, 0.4) is 0 Å². The molecular weight excluding hydrogens is 282 g/mol. The highest BCUT2D eigenvalue weighted by Gasteiger charge is 2.20. The van der Waals surface area contributed by atoms with Gasteiger partial charge in [0.25, 0.3) is 5.91 Å². The molecule has 0 aliphatic carbocycles. The predicted octanol–water partition coefficient (Wildman–Crippen LogP) is -0.251. The number of thioether (sulfide) groups is 1. The number of nitrogens with zero attached hydrogens (tertiary/aromatic N) is 1. The molecule has 0 spiro atoms. The Kier molecular flexibility index (Phi) is 6.59. The predicted molar refractivity (Wildman–Crippen MR) is 74.6 cm³/mol. The molecule has 0 aliphatic heterocycles. The molecule has 1 rings (SSSR count). The van der Waals surface area contributed by atoms with Crippen molar-refractivity contribution in [3.05, 3.63) is 29.6 Å². The second kappa shape index (κ2) is 7.95. The summed E-state index contributed by atoms with van der Waals surface area (Å²) in [5, 5.41) is 19.8. The molecule has 1 heterocycles. The van der Waals surface area contributed by atoms with Gasteiger partial charge in [0, 0.05) is 30.6 Å². The molecule has 0 saturated carbocycles. The zero-order valence-corrected chi connectivity index (χ0v) is 11.8. The van der Waals surface area contributed by atoms with Crippen LogP contribution in [0, 0.1) is 0 Å². The van der Waals surface area contributed by atoms with Crippen LogP contribution in [-0.4, -0.2) is 38.1 Å². The first kappa shape index (κ1) is 16.6. The Morgan fingerprint density at radius 1 is 1.45 bits per heavy atom. The van der Waals surface area contributed by atoms with E-state index in [-0.39, 0.29) is 17.1 Å². The minimum atomic E-state index is -1.18. The Bertz CT molecular complexity index is 484. The molecule has 0 radical (unpaired) electrons. The summed E-state index contributed by atoms with van der Waals surface area (Å²) in [5.74, 6) is 4.88. The van der Waals surface area contributed by atoms with Gasteiger partial charge >= 0.3 is 0 Å². The third kappa shape index (κ3) is 4.89. The summed E-state index contributed by atoms with van der Waals surface area (Å²) in [6.45, 7) is 1.44. The zero-order valence-electron chi connectivity index (χ0n) is 10.9. The van der Waals surface area contributed by atoms with E-state index in [4.69, 9.17) is 5.84 Å². The molecule has 0 fully saturated rings. The molecule has 1 aromatic heterocycles. The quantitative estimate of drug-likeness (QED) is 0.324. The lowest BCUT2D eigenvalue weighted by atomic mass is 10.0. The maximum atomic E-state index is 11.3. The van der Waals surface area contributed by atoms with Crippen LogP contribution in [0.25, 0.3) is 0 Å². The second-order valence-electron chi connectivity index (χ2n) is 4.12. The molecule has 7 nitrogen and oxygen atoms in total. The average Bonchev–Trinajstić information content (AvgIpc) is 2.45. The number of carbonyl (C=O) groups excluding carboxylic acids is 2. The number of hydrazine groups is 1. The fourth-order valence-electron chi connectivity index (χ4n) is 1.53. The first-order valence-electron chi connectivity index (χ1n) is 5.91. The molecule has 20 heavy (non-hydrogen) atoms. The van der Waals surface area contributed by atoms with Crippen molar-refractivity contribution in [2.45, 2.75) is 25.6 Å². The summed E-state index contributed by atoms with van der Waals surface area (Å²) in [5.41, 5.74) is 2.46. The highest BCUT2D eigenvalue weighted by Crippen LogP contribution is 2.20. The van der Waals surface area contributed by atoms with Crippen LogP contribution in [0.5, 0.6) is 0 Å². The Morgan fingerprint density at radius 2 is 2.15 bits per heavy atom. The fourth-order valence-corrected chi connectivity index (χ4v) is 2.18. The third-order valence-corrected chi connectivity index (χ3v) is 3.42. The van der Waals surface area contributed by atoms with Crippen molar-refractivity contribution in [1.82, 2.24) is 10.4 Å². The van der Waals surface area contributed by atoms with Crippen molar-refractivity contribution in [2.24, 2.45) is 5.84 Å². The number of hydrogen-bond acceptors (Lipinski definition) is 7. The van der Waals surface area contributed by atoms with Crippen molar-refractivity contribution >= 4 is 22.8 Å². The summed E-state index contributed by atoms with van der Waals surface area (Å²) in [6, 6.07) is 1.40. The van der Waals surface area contributed by atoms with Crippen molar-refractivity contribution < 1.29 is 19.8 Å². The number of nitrogens with one attached hydrogen (secondary N) is 1. The number of amides is 1. The van der Waals surface area contributed by atoms with Gasteiger partial charge in [0.05, 0.1) is 11.7 Å². The minimum absolute atomic E-state index is 0.0463. The molecule has 2 unspecified atom stereocenters. The standard InChI is InChI=1S/C12H17N3O4S/c1-7(16)20-3-2-10(17)11(18)8-4-9(6-14-5-8)12(19)15-13/h4-6,10-11,17-18H,2-3,13H2,1H3,(H,15,19). The number of aliphatic hydroxyl groups is 2. The fraction of sp³-hybridized carbons (Fsp3) is 0.417. The Morgan fingerprint density at radius 3 is 2.75 bits per heavy atom. The number of hydrogen-bond donors (Lipinski definition) is 4. The zero-order chi connectivity index (χ0) is 15.1. The highest BCUT2D eigenvalue weighted by molar-refractivity contribution is 8.13. The van der Waals surface area contributed by atoms with Crippen LogP contribution in [0.2, 0.25) is 0 Å². The van der Waals surface area contributed by atoms with Crippen molar-refractivity contribution in [2.75, 3.05) is 5.75 Å². The molecule has 0 aromatic carbocycles. The molecule has 110 valence electrons. The van der Waals surface area contributed by atoms with Gasteiger partial charge in [-0.1, -0.05) is 11.8 Å². The van der Waals surface area contributed by atoms with E-state index >= 15 is 0 Å². The number of carbonyl (C=O) groups is 2. The summed E-state index contributed by atoms with van der Waals surface area (Å²) in [4.78, 5) is 25.9. The molecule has 2 atom stereocenters. The molecule has 1 amide bonds. The van der Waals surface area contributed by atoms with Gasteiger partial charge in [0.15, 0.2) is 5.12 Å². The number of aliphatic hydroxyl groups excluding tert-OH is 2. The number of nitrogen functional groups attached to an aromatic ring is 1. The topological polar surface area (TPSA) is 126 Å². The van der Waals surface area contributed by atoms with Crippen LogP contribution >= 0.6 is 11.8 Å². The third-order valence-electron chi connectivity index (χ3n) is 2.58. The lowest BCUT2D eigenvalue weighted by Gasteiger charge is -2.17. The first-order chi connectivity index (χ1) is 9.45. The normalized spacial score (nSPS) is 13.6. The van der Waals surface area contributed by atoms with Gasteiger partial charge in [0.2, 0.25) is 0 Å². The maximum absolute atomic E-state index is 11.3. The Balaban J connectivity index is 2.68. The molecular formula is C12H17N3O4S. The van der Waals surface area contributed by atoms with Gasteiger partial charge in [-0.25, -0.2) is 5.84 Å². The summed E-state index contributed by atoms with van der Waals surface area (Å²) < 4.78 is 0. The van der Waals surface area contributed by atoms with E-state index in [1.54, 1.807) is 0 Å². The highest BCUT2D eigenvalue weighted by atomic mass is 32.2. The minimum Gasteiger partial charge on any atom is -0.390 e. The van der Waals surface area contributed by atoms with E-state index in [1.165, 1.54) is 25.4 Å². The molecule has 8 heteroatoms. The Labute approximate surface area is 120 Å². The number of rotatable bonds is 6. The molecule has 0 aliphatic rings. The van der Waals surface area contributed by atoms with E-state index in [0.29, 0.717) is 11.3 Å². The lowest BCUT2D eigenvalue weighted by molar-refractivity contribution is -0.109. The van der Waals surface area contributed by atoms with Gasteiger partial charge < -0.3 is 10.2 Å². The van der Waals surface area contributed by atoms with E-state index in [0.717, 1.165) is 11.8 Å². The van der Waals surface area contributed by atoms with Crippen LogP contribution in [0.15, 0.2) is 18.5 Å². The van der Waals surface area contributed by atoms with Crippen LogP contribution in [0.4, 0.5) is 0 Å². The largest absolute Gasteiger partial charge is 0.390 e. The first-order valence-corrected chi connectivity index (χ1v) is 6.89. The van der Waals surface area contributed by atoms with Gasteiger partial charge in [-0.3, -0.25) is 20.0 Å². The molecule has 0 bridgehead atoms.